The minimum absolute atomic E-state index is 1.03. The first-order valence-electron chi connectivity index (χ1n) is 13.5. The Bertz CT molecular complexity index is 724. The van der Waals surface area contributed by atoms with Gasteiger partial charge in [0.25, 0.3) is 0 Å². The van der Waals surface area contributed by atoms with Gasteiger partial charge in [0, 0.05) is 0 Å². The van der Waals surface area contributed by atoms with Crippen LogP contribution in [0.2, 0.25) is 0 Å². The van der Waals surface area contributed by atoms with Gasteiger partial charge in [-0.25, -0.2) is 0 Å². The SMILES string of the molecule is C[C@@H]1C2C3C4C5C6C(C3C3C5C5[C@H](C)C6C3[C@H](C)[C@@H]5C)C3C4C1[C@@H](C)[C@@H](C)C32. The molecule has 17 rings (SSSR count). The van der Waals surface area contributed by atoms with Gasteiger partial charge in [-0.2, -0.15) is 0 Å². The molecule has 22 atom stereocenters. The first-order valence-corrected chi connectivity index (χ1v) is 13.5. The first kappa shape index (κ1) is 15.8. The molecule has 17 fully saturated rings. The first-order chi connectivity index (χ1) is 13.5. The summed E-state index contributed by atoms with van der Waals surface area (Å²) in [7, 11) is 0. The second-order valence-electron chi connectivity index (χ2n) is 14.4. The third kappa shape index (κ3) is 1.13. The van der Waals surface area contributed by atoms with Gasteiger partial charge in [0.1, 0.15) is 0 Å². The summed E-state index contributed by atoms with van der Waals surface area (Å²) in [5, 5.41) is 0. The molecule has 0 heterocycles. The Hall–Kier alpha value is 0. The van der Waals surface area contributed by atoms with Gasteiger partial charge in [-0.1, -0.05) is 41.5 Å². The van der Waals surface area contributed by atoms with Gasteiger partial charge >= 0.3 is 0 Å². The van der Waals surface area contributed by atoms with Crippen LogP contribution in [-0.4, -0.2) is 0 Å². The molecule has 16 bridgehead atoms. The van der Waals surface area contributed by atoms with E-state index in [0.717, 1.165) is 71.0 Å². The van der Waals surface area contributed by atoms with Crippen molar-refractivity contribution in [2.75, 3.05) is 0 Å². The monoisotopic (exact) mass is 376 g/mol. The van der Waals surface area contributed by atoms with Crippen molar-refractivity contribution in [3.63, 3.8) is 0 Å². The van der Waals surface area contributed by atoms with Crippen molar-refractivity contribution in [2.45, 2.75) is 41.5 Å². The van der Waals surface area contributed by atoms with Gasteiger partial charge in [0.05, 0.1) is 0 Å². The summed E-state index contributed by atoms with van der Waals surface area (Å²) in [4.78, 5) is 0. The minimum atomic E-state index is 1.03. The summed E-state index contributed by atoms with van der Waals surface area (Å²) < 4.78 is 0. The van der Waals surface area contributed by atoms with Crippen molar-refractivity contribution in [2.24, 2.45) is 130 Å². The molecule has 0 aromatic carbocycles. The Kier molecular flexibility index (Phi) is 2.36. The lowest BCUT2D eigenvalue weighted by molar-refractivity contribution is -0.448. The normalized spacial score (nSPS) is 85.5. The fourth-order valence-corrected chi connectivity index (χ4v) is 15.8. The summed E-state index contributed by atoms with van der Waals surface area (Å²) >= 11 is 0. The average molecular weight is 377 g/mol. The fourth-order valence-electron chi connectivity index (χ4n) is 15.8. The van der Waals surface area contributed by atoms with Gasteiger partial charge in [-0.3, -0.25) is 0 Å². The maximum Gasteiger partial charge on any atom is -0.0312 e. The molecule has 17 aliphatic rings. The van der Waals surface area contributed by atoms with E-state index in [9.17, 15) is 0 Å². The van der Waals surface area contributed by atoms with Crippen LogP contribution in [0.3, 0.4) is 0 Å². The molecule has 0 saturated heterocycles. The van der Waals surface area contributed by atoms with E-state index < -0.39 is 0 Å². The highest BCUT2D eigenvalue weighted by molar-refractivity contribution is 5.34. The van der Waals surface area contributed by atoms with Crippen molar-refractivity contribution >= 4 is 0 Å². The number of hydrogen-bond donors (Lipinski definition) is 0. The van der Waals surface area contributed by atoms with E-state index in [4.69, 9.17) is 0 Å². The van der Waals surface area contributed by atoms with Gasteiger partial charge in [0.2, 0.25) is 0 Å². The zero-order chi connectivity index (χ0) is 18.7. The molecule has 16 unspecified atom stereocenters. The van der Waals surface area contributed by atoms with E-state index in [1.165, 1.54) is 59.2 Å². The van der Waals surface area contributed by atoms with Crippen LogP contribution in [0.15, 0.2) is 0 Å². The highest BCUT2D eigenvalue weighted by atomic mass is 14.9. The fraction of sp³-hybridized carbons (Fsp3) is 1.00. The van der Waals surface area contributed by atoms with Crippen LogP contribution in [0, 0.1) is 130 Å². The molecule has 17 saturated carbocycles. The Morgan fingerprint density at radius 2 is 0.357 bits per heavy atom. The molecule has 28 heavy (non-hydrogen) atoms. The van der Waals surface area contributed by atoms with Crippen molar-refractivity contribution in [1.82, 2.24) is 0 Å². The van der Waals surface area contributed by atoms with Crippen molar-refractivity contribution in [3.8, 4) is 0 Å². The standard InChI is InChI=1S/C28H40/c1-7-9(3)15-17-11(5)13(7)19-21(15)27-24-18-12(6)14-8(2)10(4)16(18)22-20(14)26(24)25(19)23(17)28(22)27/h7-28H,1-6H3/t7-,8-,9+,10+,11-,12-,13?,14?,15?,16?,17?,18?,19?,20?,21?,22?,23?,24?,25?,26?,27?,28?/m0/s1. The van der Waals surface area contributed by atoms with Gasteiger partial charge in [0.15, 0.2) is 0 Å². The highest BCUT2D eigenvalue weighted by Crippen LogP contribution is 2.91. The Morgan fingerprint density at radius 3 is 0.679 bits per heavy atom. The number of rotatable bonds is 0. The van der Waals surface area contributed by atoms with Gasteiger partial charge in [-0.05, 0) is 130 Å². The zero-order valence-electron chi connectivity index (χ0n) is 18.7. The molecule has 17 aliphatic carbocycles. The van der Waals surface area contributed by atoms with Crippen molar-refractivity contribution in [3.05, 3.63) is 0 Å². The molecule has 0 heteroatoms. The van der Waals surface area contributed by atoms with Crippen LogP contribution in [0.25, 0.3) is 0 Å². The molecule has 0 nitrogen and oxygen atoms in total. The Morgan fingerprint density at radius 1 is 0.179 bits per heavy atom. The molecule has 152 valence electrons. The second-order valence-corrected chi connectivity index (χ2v) is 14.4. The smallest absolute Gasteiger partial charge is 0.0312 e. The van der Waals surface area contributed by atoms with Crippen molar-refractivity contribution < 1.29 is 0 Å². The summed E-state index contributed by atoms with van der Waals surface area (Å²) in [6, 6.07) is 0. The molecular formula is C28H40. The number of fused-ring (bicyclic) bond motifs is 2. The van der Waals surface area contributed by atoms with Crippen LogP contribution in [0.4, 0.5) is 0 Å². The van der Waals surface area contributed by atoms with E-state index in [-0.39, 0.29) is 0 Å². The summed E-state index contributed by atoms with van der Waals surface area (Å²) in [5.41, 5.74) is 0. The molecule has 0 aromatic rings. The zero-order valence-corrected chi connectivity index (χ0v) is 18.7. The van der Waals surface area contributed by atoms with Gasteiger partial charge < -0.3 is 0 Å². The predicted octanol–water partition coefficient (Wildman–Crippen LogP) is 5.78. The lowest BCUT2D eigenvalue weighted by Crippen LogP contribution is -2.88. The third-order valence-corrected chi connectivity index (χ3v) is 15.4. The third-order valence-electron chi connectivity index (χ3n) is 15.4. The minimum Gasteiger partial charge on any atom is -0.0620 e. The van der Waals surface area contributed by atoms with Crippen LogP contribution in [0.5, 0.6) is 0 Å². The Labute approximate surface area is 172 Å². The quantitative estimate of drug-likeness (QED) is 0.502. The van der Waals surface area contributed by atoms with E-state index >= 15 is 0 Å². The molecular weight excluding hydrogens is 336 g/mol. The van der Waals surface area contributed by atoms with E-state index in [1.807, 2.05) is 0 Å². The van der Waals surface area contributed by atoms with Crippen molar-refractivity contribution in [1.29, 1.82) is 0 Å². The van der Waals surface area contributed by atoms with E-state index in [2.05, 4.69) is 41.5 Å². The summed E-state index contributed by atoms with van der Waals surface area (Å²) in [6.07, 6.45) is 0. The Balaban J connectivity index is 1.29. The summed E-state index contributed by atoms with van der Waals surface area (Å²) in [6.45, 7) is 16.2. The van der Waals surface area contributed by atoms with E-state index in [1.54, 1.807) is 0 Å². The number of hydrogen-bond acceptors (Lipinski definition) is 0. The van der Waals surface area contributed by atoms with Crippen LogP contribution < -0.4 is 0 Å². The lowest BCUT2D eigenvalue weighted by atomic mass is 9.13. The maximum absolute atomic E-state index is 2.73. The summed E-state index contributed by atoms with van der Waals surface area (Å²) in [5.74, 6) is 25.1. The molecule has 0 spiro atoms. The van der Waals surface area contributed by atoms with Crippen LogP contribution >= 0.6 is 0 Å². The lowest BCUT2D eigenvalue weighted by Gasteiger charge is -2.91. The molecule has 0 amide bonds. The molecule has 0 N–H and O–H groups in total. The molecule has 0 radical (unpaired) electrons. The van der Waals surface area contributed by atoms with E-state index in [0.29, 0.717) is 0 Å². The van der Waals surface area contributed by atoms with Gasteiger partial charge in [-0.15, -0.1) is 0 Å². The largest absolute Gasteiger partial charge is 0.0620 e. The highest BCUT2D eigenvalue weighted by Gasteiger charge is 2.87. The van der Waals surface area contributed by atoms with Crippen LogP contribution in [-0.2, 0) is 0 Å². The topological polar surface area (TPSA) is 0 Å². The second kappa shape index (κ2) is 4.19. The average Bonchev–Trinajstić information content (AvgIpc) is 2.68. The predicted molar refractivity (Wildman–Crippen MR) is 111 cm³/mol. The molecule has 0 aromatic heterocycles. The molecule has 0 aliphatic heterocycles. The maximum atomic E-state index is 2.73. The van der Waals surface area contributed by atoms with Crippen LogP contribution in [0.1, 0.15) is 41.5 Å².